The molecule has 2 saturated heterocycles. The molecule has 2 N–H and O–H groups in total. The van der Waals surface area contributed by atoms with E-state index in [1.54, 1.807) is 0 Å². The lowest BCUT2D eigenvalue weighted by molar-refractivity contribution is 0.00692. The number of hydrogen-bond acceptors (Lipinski definition) is 4. The van der Waals surface area contributed by atoms with E-state index in [4.69, 9.17) is 4.74 Å². The first-order chi connectivity index (χ1) is 8.28. The monoisotopic (exact) mass is 255 g/mol. The second-order valence-electron chi connectivity index (χ2n) is 6.42. The number of carbonyl (C=O) groups is 1. The molecule has 0 aromatic rings. The van der Waals surface area contributed by atoms with E-state index >= 15 is 0 Å². The molecular formula is C12H22BNO4. The van der Waals surface area contributed by atoms with E-state index in [2.05, 4.69) is 0 Å². The van der Waals surface area contributed by atoms with Crippen LogP contribution < -0.4 is 0 Å². The first-order valence-electron chi connectivity index (χ1n) is 6.65. The molecule has 2 aliphatic rings. The molecule has 2 heterocycles. The highest BCUT2D eigenvalue weighted by Crippen LogP contribution is 2.42. The summed E-state index contributed by atoms with van der Waals surface area (Å²) in [5.41, 5.74) is -0.482. The maximum atomic E-state index is 12.1. The van der Waals surface area contributed by atoms with Crippen LogP contribution in [0.2, 0.25) is 5.82 Å². The lowest BCUT2D eigenvalue weighted by atomic mass is 9.66. The number of amides is 1. The number of hydrogen-bond donors (Lipinski definition) is 2. The molecule has 0 aromatic carbocycles. The molecular weight excluding hydrogens is 233 g/mol. The summed E-state index contributed by atoms with van der Waals surface area (Å²) in [5.74, 6) is -0.110. The van der Waals surface area contributed by atoms with Crippen LogP contribution in [0.25, 0.3) is 0 Å². The van der Waals surface area contributed by atoms with Crippen LogP contribution in [0.3, 0.4) is 0 Å². The summed E-state index contributed by atoms with van der Waals surface area (Å²) in [6, 6.07) is 0.204. The van der Waals surface area contributed by atoms with Crippen LogP contribution in [0, 0.1) is 0 Å². The van der Waals surface area contributed by atoms with Gasteiger partial charge >= 0.3 is 13.2 Å². The van der Waals surface area contributed by atoms with Gasteiger partial charge in [0.2, 0.25) is 0 Å². The van der Waals surface area contributed by atoms with Gasteiger partial charge in [0, 0.05) is 12.1 Å². The Morgan fingerprint density at radius 1 is 1.22 bits per heavy atom. The highest BCUT2D eigenvalue weighted by atomic mass is 16.6. The van der Waals surface area contributed by atoms with Crippen molar-refractivity contribution >= 4 is 13.2 Å². The SMILES string of the molecule is CC(C)(C)OC(=O)N1C2CCC1CC(B(O)O)C2. The third-order valence-electron chi connectivity index (χ3n) is 3.80. The van der Waals surface area contributed by atoms with E-state index in [0.717, 1.165) is 12.8 Å². The molecule has 2 fully saturated rings. The Kier molecular flexibility index (Phi) is 3.60. The lowest BCUT2D eigenvalue weighted by Crippen LogP contribution is -2.49. The fraction of sp³-hybridized carbons (Fsp3) is 0.917. The summed E-state index contributed by atoms with van der Waals surface area (Å²) < 4.78 is 5.42. The number of ether oxygens (including phenoxy) is 1. The van der Waals surface area contributed by atoms with Gasteiger partial charge < -0.3 is 19.7 Å². The molecule has 0 aromatic heterocycles. The highest BCUT2D eigenvalue weighted by molar-refractivity contribution is 6.43. The minimum atomic E-state index is -1.27. The first kappa shape index (κ1) is 13.7. The molecule has 6 heteroatoms. The lowest BCUT2D eigenvalue weighted by Gasteiger charge is -2.39. The van der Waals surface area contributed by atoms with Crippen molar-refractivity contribution in [3.05, 3.63) is 0 Å². The fourth-order valence-electron chi connectivity index (χ4n) is 3.08. The molecule has 2 rings (SSSR count). The average molecular weight is 255 g/mol. The zero-order valence-electron chi connectivity index (χ0n) is 11.3. The molecule has 2 unspecified atom stereocenters. The Balaban J connectivity index is 2.02. The topological polar surface area (TPSA) is 70.0 Å². The summed E-state index contributed by atoms with van der Waals surface area (Å²) >= 11 is 0. The molecule has 2 atom stereocenters. The van der Waals surface area contributed by atoms with Gasteiger partial charge in [-0.15, -0.1) is 0 Å². The number of carbonyl (C=O) groups excluding carboxylic acids is 1. The highest BCUT2D eigenvalue weighted by Gasteiger charge is 2.47. The smallest absolute Gasteiger partial charge is 0.444 e. The van der Waals surface area contributed by atoms with E-state index < -0.39 is 12.7 Å². The van der Waals surface area contributed by atoms with Crippen molar-refractivity contribution in [2.45, 2.75) is 70.0 Å². The molecule has 2 aliphatic heterocycles. The van der Waals surface area contributed by atoms with Crippen LogP contribution in [0.15, 0.2) is 0 Å². The Morgan fingerprint density at radius 2 is 1.72 bits per heavy atom. The van der Waals surface area contributed by atoms with Gasteiger partial charge in [0.05, 0.1) is 0 Å². The molecule has 102 valence electrons. The molecule has 0 aliphatic carbocycles. The Bertz CT molecular complexity index is 315. The van der Waals surface area contributed by atoms with Crippen molar-refractivity contribution < 1.29 is 19.6 Å². The normalized spacial score (nSPS) is 31.4. The summed E-state index contributed by atoms with van der Waals surface area (Å²) in [4.78, 5) is 13.9. The molecule has 18 heavy (non-hydrogen) atoms. The van der Waals surface area contributed by atoms with E-state index in [9.17, 15) is 14.8 Å². The van der Waals surface area contributed by atoms with Crippen molar-refractivity contribution in [3.8, 4) is 0 Å². The first-order valence-corrected chi connectivity index (χ1v) is 6.65. The van der Waals surface area contributed by atoms with E-state index in [0.29, 0.717) is 12.8 Å². The molecule has 0 radical (unpaired) electrons. The van der Waals surface area contributed by atoms with Gasteiger partial charge in [-0.05, 0) is 52.3 Å². The van der Waals surface area contributed by atoms with Gasteiger partial charge in [0.25, 0.3) is 0 Å². The van der Waals surface area contributed by atoms with Crippen LogP contribution in [-0.2, 0) is 4.74 Å². The number of rotatable bonds is 1. The molecule has 0 saturated carbocycles. The summed E-state index contributed by atoms with van der Waals surface area (Å²) in [6.07, 6.45) is 2.93. The van der Waals surface area contributed by atoms with Crippen LogP contribution in [0.1, 0.15) is 46.5 Å². The second-order valence-corrected chi connectivity index (χ2v) is 6.42. The van der Waals surface area contributed by atoms with Gasteiger partial charge in [-0.3, -0.25) is 0 Å². The van der Waals surface area contributed by atoms with Crippen LogP contribution in [0.4, 0.5) is 4.79 Å². The van der Waals surface area contributed by atoms with E-state index in [-0.39, 0.29) is 24.0 Å². The molecule has 1 amide bonds. The third kappa shape index (κ3) is 2.80. The minimum absolute atomic E-state index is 0.102. The number of nitrogens with zero attached hydrogens (tertiary/aromatic N) is 1. The van der Waals surface area contributed by atoms with Crippen molar-refractivity contribution in [2.75, 3.05) is 0 Å². The van der Waals surface area contributed by atoms with Crippen molar-refractivity contribution in [1.29, 1.82) is 0 Å². The van der Waals surface area contributed by atoms with Crippen LogP contribution in [0.5, 0.6) is 0 Å². The van der Waals surface area contributed by atoms with Crippen molar-refractivity contribution in [3.63, 3.8) is 0 Å². The fourth-order valence-corrected chi connectivity index (χ4v) is 3.08. The number of fused-ring (bicyclic) bond motifs is 2. The predicted octanol–water partition coefficient (Wildman–Crippen LogP) is 1.39. The minimum Gasteiger partial charge on any atom is -0.444 e. The summed E-state index contributed by atoms with van der Waals surface area (Å²) in [7, 11) is -1.27. The van der Waals surface area contributed by atoms with Gasteiger partial charge in [0.1, 0.15) is 5.60 Å². The second kappa shape index (κ2) is 4.74. The Morgan fingerprint density at radius 3 is 2.11 bits per heavy atom. The zero-order chi connectivity index (χ0) is 13.5. The van der Waals surface area contributed by atoms with Crippen molar-refractivity contribution in [1.82, 2.24) is 4.90 Å². The summed E-state index contributed by atoms with van der Waals surface area (Å²) in [5, 5.41) is 18.5. The Labute approximate surface area is 108 Å². The predicted molar refractivity (Wildman–Crippen MR) is 68.1 cm³/mol. The average Bonchev–Trinajstić information content (AvgIpc) is 2.47. The zero-order valence-corrected chi connectivity index (χ0v) is 11.3. The largest absolute Gasteiger partial charge is 0.454 e. The van der Waals surface area contributed by atoms with Crippen LogP contribution >= 0.6 is 0 Å². The molecule has 0 spiro atoms. The third-order valence-corrected chi connectivity index (χ3v) is 3.80. The maximum absolute atomic E-state index is 12.1. The number of piperidine rings is 1. The van der Waals surface area contributed by atoms with Gasteiger partial charge in [-0.1, -0.05) is 0 Å². The molecule has 5 nitrogen and oxygen atoms in total. The summed E-state index contributed by atoms with van der Waals surface area (Å²) in [6.45, 7) is 5.57. The standard InChI is InChI=1S/C12H22BNO4/c1-12(2,3)18-11(15)14-9-4-5-10(14)7-8(6-9)13(16)17/h8-10,16-17H,4-7H2,1-3H3. The quantitative estimate of drug-likeness (QED) is 0.694. The Hall–Kier alpha value is -0.745. The maximum Gasteiger partial charge on any atom is 0.454 e. The van der Waals surface area contributed by atoms with Gasteiger partial charge in [0.15, 0.2) is 0 Å². The van der Waals surface area contributed by atoms with Gasteiger partial charge in [-0.2, -0.15) is 0 Å². The molecule has 2 bridgehead atoms. The van der Waals surface area contributed by atoms with Crippen molar-refractivity contribution in [2.24, 2.45) is 0 Å². The van der Waals surface area contributed by atoms with Crippen LogP contribution in [-0.4, -0.2) is 45.8 Å². The van der Waals surface area contributed by atoms with E-state index in [1.807, 2.05) is 25.7 Å². The van der Waals surface area contributed by atoms with E-state index in [1.165, 1.54) is 0 Å². The van der Waals surface area contributed by atoms with Gasteiger partial charge in [-0.25, -0.2) is 4.79 Å².